The van der Waals surface area contributed by atoms with Crippen LogP contribution >= 0.6 is 0 Å². The second kappa shape index (κ2) is 5.67. The summed E-state index contributed by atoms with van der Waals surface area (Å²) >= 11 is 0. The highest BCUT2D eigenvalue weighted by Gasteiger charge is 2.17. The molecule has 3 heteroatoms. The summed E-state index contributed by atoms with van der Waals surface area (Å²) in [5, 5.41) is 9.20. The molecule has 0 saturated heterocycles. The Bertz CT molecular complexity index is 418. The molecule has 1 aromatic rings. The monoisotopic (exact) mass is 231 g/mol. The van der Waals surface area contributed by atoms with Gasteiger partial charge in [-0.3, -0.25) is 0 Å². The van der Waals surface area contributed by atoms with E-state index in [1.165, 1.54) is 0 Å². The number of aryl methyl sites for hydroxylation is 1. The Hall–Kier alpha value is -1.56. The lowest BCUT2D eigenvalue weighted by Gasteiger charge is -2.28. The van der Waals surface area contributed by atoms with Crippen LogP contribution < -0.4 is 4.90 Å². The van der Waals surface area contributed by atoms with Crippen LogP contribution in [0.2, 0.25) is 0 Å². The SMILES string of the molecule is Cc1ccnc(N(C)C(C)CC(C)C)c1C#N. The molecule has 17 heavy (non-hydrogen) atoms. The highest BCUT2D eigenvalue weighted by atomic mass is 15.2. The molecule has 92 valence electrons. The van der Waals surface area contributed by atoms with Crippen LogP contribution in [0.25, 0.3) is 0 Å². The molecule has 0 fully saturated rings. The minimum absolute atomic E-state index is 0.386. The van der Waals surface area contributed by atoms with E-state index in [1.54, 1.807) is 6.20 Å². The summed E-state index contributed by atoms with van der Waals surface area (Å²) in [5.74, 6) is 1.43. The van der Waals surface area contributed by atoms with Crippen LogP contribution in [0.15, 0.2) is 12.3 Å². The number of anilines is 1. The second-order valence-corrected chi connectivity index (χ2v) is 5.03. The molecule has 0 amide bonds. The fourth-order valence-electron chi connectivity index (χ4n) is 2.00. The van der Waals surface area contributed by atoms with Crippen LogP contribution in [0.4, 0.5) is 5.82 Å². The first-order chi connectivity index (χ1) is 7.97. The van der Waals surface area contributed by atoms with Crippen LogP contribution in [0.1, 0.15) is 38.3 Å². The van der Waals surface area contributed by atoms with E-state index in [4.69, 9.17) is 0 Å². The van der Waals surface area contributed by atoms with E-state index < -0.39 is 0 Å². The predicted molar refractivity (Wildman–Crippen MR) is 71.0 cm³/mol. The number of aromatic nitrogens is 1. The summed E-state index contributed by atoms with van der Waals surface area (Å²) in [5.41, 5.74) is 1.67. The fourth-order valence-corrected chi connectivity index (χ4v) is 2.00. The van der Waals surface area contributed by atoms with Crippen molar-refractivity contribution in [1.29, 1.82) is 5.26 Å². The molecular weight excluding hydrogens is 210 g/mol. The summed E-state index contributed by atoms with van der Waals surface area (Å²) in [6, 6.07) is 4.51. The Balaban J connectivity index is 3.00. The molecule has 1 unspecified atom stereocenters. The Morgan fingerprint density at radius 2 is 2.06 bits per heavy atom. The standard InChI is InChI=1S/C14H21N3/c1-10(2)8-12(4)17(5)14-13(9-15)11(3)6-7-16-14/h6-7,10,12H,8H2,1-5H3. The van der Waals surface area contributed by atoms with Crippen LogP contribution in [0, 0.1) is 24.2 Å². The Morgan fingerprint density at radius 3 is 2.59 bits per heavy atom. The van der Waals surface area contributed by atoms with Crippen LogP contribution in [0.3, 0.4) is 0 Å². The van der Waals surface area contributed by atoms with E-state index in [0.29, 0.717) is 17.5 Å². The van der Waals surface area contributed by atoms with Gasteiger partial charge in [-0.25, -0.2) is 4.98 Å². The second-order valence-electron chi connectivity index (χ2n) is 5.03. The number of hydrogen-bond donors (Lipinski definition) is 0. The van der Waals surface area contributed by atoms with Crippen molar-refractivity contribution in [3.63, 3.8) is 0 Å². The van der Waals surface area contributed by atoms with Crippen molar-refractivity contribution in [3.8, 4) is 6.07 Å². The molecule has 0 radical (unpaired) electrons. The number of pyridine rings is 1. The van der Waals surface area contributed by atoms with E-state index >= 15 is 0 Å². The zero-order chi connectivity index (χ0) is 13.0. The summed E-state index contributed by atoms with van der Waals surface area (Å²) in [6.45, 7) is 8.54. The van der Waals surface area contributed by atoms with Gasteiger partial charge in [0.1, 0.15) is 11.9 Å². The summed E-state index contributed by atoms with van der Waals surface area (Å²) in [4.78, 5) is 6.44. The molecular formula is C14H21N3. The molecule has 0 aliphatic heterocycles. The highest BCUT2D eigenvalue weighted by Crippen LogP contribution is 2.22. The normalized spacial score (nSPS) is 12.3. The molecule has 1 heterocycles. The molecule has 0 aliphatic rings. The van der Waals surface area contributed by atoms with Gasteiger partial charge in [0.05, 0.1) is 5.56 Å². The van der Waals surface area contributed by atoms with Crippen LogP contribution in [0.5, 0.6) is 0 Å². The van der Waals surface area contributed by atoms with Crippen molar-refractivity contribution in [2.45, 2.75) is 40.2 Å². The van der Waals surface area contributed by atoms with Crippen molar-refractivity contribution in [3.05, 3.63) is 23.4 Å². The van der Waals surface area contributed by atoms with Gasteiger partial charge in [-0.05, 0) is 37.8 Å². The highest BCUT2D eigenvalue weighted by molar-refractivity contribution is 5.57. The molecule has 0 aliphatic carbocycles. The number of rotatable bonds is 4. The summed E-state index contributed by atoms with van der Waals surface area (Å²) in [6.07, 6.45) is 2.86. The molecule has 1 atom stereocenters. The maximum Gasteiger partial charge on any atom is 0.146 e. The maximum atomic E-state index is 9.20. The summed E-state index contributed by atoms with van der Waals surface area (Å²) in [7, 11) is 2.01. The van der Waals surface area contributed by atoms with Crippen LogP contribution in [-0.2, 0) is 0 Å². The number of nitriles is 1. The Kier molecular flexibility index (Phi) is 4.51. The molecule has 0 N–H and O–H groups in total. The first-order valence-electron chi connectivity index (χ1n) is 6.05. The van der Waals surface area contributed by atoms with E-state index in [9.17, 15) is 5.26 Å². The van der Waals surface area contributed by atoms with Crippen LogP contribution in [-0.4, -0.2) is 18.1 Å². The van der Waals surface area contributed by atoms with Crippen molar-refractivity contribution < 1.29 is 0 Å². The average molecular weight is 231 g/mol. The quantitative estimate of drug-likeness (QED) is 0.799. The zero-order valence-electron chi connectivity index (χ0n) is 11.4. The molecule has 0 saturated carbocycles. The lowest BCUT2D eigenvalue weighted by atomic mass is 10.0. The third-order valence-corrected chi connectivity index (χ3v) is 3.06. The maximum absolute atomic E-state index is 9.20. The zero-order valence-corrected chi connectivity index (χ0v) is 11.4. The fraction of sp³-hybridized carbons (Fsp3) is 0.571. The van der Waals surface area contributed by atoms with Crippen molar-refractivity contribution >= 4 is 5.82 Å². The topological polar surface area (TPSA) is 39.9 Å². The molecule has 0 spiro atoms. The van der Waals surface area contributed by atoms with Crippen molar-refractivity contribution in [2.24, 2.45) is 5.92 Å². The van der Waals surface area contributed by atoms with E-state index in [2.05, 4.69) is 36.7 Å². The van der Waals surface area contributed by atoms with Gasteiger partial charge in [0, 0.05) is 19.3 Å². The minimum atomic E-state index is 0.386. The van der Waals surface area contributed by atoms with E-state index in [0.717, 1.165) is 17.8 Å². The van der Waals surface area contributed by atoms with Crippen molar-refractivity contribution in [2.75, 3.05) is 11.9 Å². The van der Waals surface area contributed by atoms with Gasteiger partial charge < -0.3 is 4.90 Å². The first-order valence-corrected chi connectivity index (χ1v) is 6.05. The van der Waals surface area contributed by atoms with E-state index in [1.807, 2.05) is 20.0 Å². The number of nitrogens with zero attached hydrogens (tertiary/aromatic N) is 3. The minimum Gasteiger partial charge on any atom is -0.356 e. The summed E-state index contributed by atoms with van der Waals surface area (Å²) < 4.78 is 0. The Labute approximate surface area is 104 Å². The third kappa shape index (κ3) is 3.20. The molecule has 1 rings (SSSR count). The number of hydrogen-bond acceptors (Lipinski definition) is 3. The lowest BCUT2D eigenvalue weighted by molar-refractivity contribution is 0.502. The lowest BCUT2D eigenvalue weighted by Crippen LogP contribution is -2.31. The predicted octanol–water partition coefficient (Wildman–Crippen LogP) is 3.13. The molecule has 0 aromatic carbocycles. The van der Waals surface area contributed by atoms with E-state index in [-0.39, 0.29) is 0 Å². The van der Waals surface area contributed by atoms with Gasteiger partial charge in [-0.15, -0.1) is 0 Å². The van der Waals surface area contributed by atoms with Gasteiger partial charge in [-0.2, -0.15) is 5.26 Å². The first kappa shape index (κ1) is 13.5. The molecule has 1 aromatic heterocycles. The molecule has 0 bridgehead atoms. The largest absolute Gasteiger partial charge is 0.356 e. The smallest absolute Gasteiger partial charge is 0.146 e. The third-order valence-electron chi connectivity index (χ3n) is 3.06. The average Bonchev–Trinajstić information content (AvgIpc) is 2.26. The Morgan fingerprint density at radius 1 is 1.41 bits per heavy atom. The molecule has 3 nitrogen and oxygen atoms in total. The van der Waals surface area contributed by atoms with Gasteiger partial charge in [-0.1, -0.05) is 13.8 Å². The van der Waals surface area contributed by atoms with Gasteiger partial charge in [0.25, 0.3) is 0 Å². The van der Waals surface area contributed by atoms with Gasteiger partial charge in [0.2, 0.25) is 0 Å². The van der Waals surface area contributed by atoms with Gasteiger partial charge >= 0.3 is 0 Å². The van der Waals surface area contributed by atoms with Gasteiger partial charge in [0.15, 0.2) is 0 Å². The van der Waals surface area contributed by atoms with Crippen molar-refractivity contribution in [1.82, 2.24) is 4.98 Å².